The van der Waals surface area contributed by atoms with Crippen LogP contribution >= 0.6 is 11.6 Å². The van der Waals surface area contributed by atoms with Gasteiger partial charge in [0.15, 0.2) is 0 Å². The first-order chi connectivity index (χ1) is 9.02. The Bertz CT molecular complexity index is 466. The summed E-state index contributed by atoms with van der Waals surface area (Å²) in [4.78, 5) is 13.6. The highest BCUT2D eigenvalue weighted by molar-refractivity contribution is 6.30. The summed E-state index contributed by atoms with van der Waals surface area (Å²) in [6.07, 6.45) is 0.520. The molecule has 2 rings (SSSR count). The Balaban J connectivity index is 2.07. The Morgan fingerprint density at radius 3 is 3.00 bits per heavy atom. The molecule has 19 heavy (non-hydrogen) atoms. The largest absolute Gasteiger partial charge is 0.396 e. The maximum absolute atomic E-state index is 11.9. The second kappa shape index (κ2) is 5.90. The number of hydrogen-bond donors (Lipinski definition) is 1. The third kappa shape index (κ3) is 3.69. The van der Waals surface area contributed by atoms with Crippen LogP contribution in [0.3, 0.4) is 0 Å². The number of hydrogen-bond acceptors (Lipinski definition) is 3. The van der Waals surface area contributed by atoms with Gasteiger partial charge in [-0.15, -0.1) is 0 Å². The molecule has 0 aliphatic carbocycles. The number of aliphatic hydroxyl groups is 1. The second-order valence-electron chi connectivity index (χ2n) is 5.09. The number of aliphatic hydroxyl groups excluding tert-OH is 1. The van der Waals surface area contributed by atoms with Gasteiger partial charge in [-0.3, -0.25) is 4.79 Å². The lowest BCUT2D eigenvalue weighted by Gasteiger charge is -2.40. The first-order valence-electron chi connectivity index (χ1n) is 6.29. The number of ether oxygens (including phenoxy) is 1. The van der Waals surface area contributed by atoms with Crippen LogP contribution in [0, 0.1) is 0 Å². The van der Waals surface area contributed by atoms with E-state index in [1.54, 1.807) is 4.90 Å². The van der Waals surface area contributed by atoms with Crippen LogP contribution in [0.5, 0.6) is 0 Å². The van der Waals surface area contributed by atoms with Crippen LogP contribution in [0.1, 0.15) is 18.9 Å². The summed E-state index contributed by atoms with van der Waals surface area (Å²) in [5, 5.41) is 9.72. The molecular formula is C14H18ClNO3. The normalized spacial score (nSPS) is 23.7. The second-order valence-corrected chi connectivity index (χ2v) is 5.53. The zero-order chi connectivity index (χ0) is 13.9. The number of carbonyl (C=O) groups is 1. The van der Waals surface area contributed by atoms with E-state index in [1.165, 1.54) is 0 Å². The van der Waals surface area contributed by atoms with Gasteiger partial charge in [0.05, 0.1) is 5.60 Å². The van der Waals surface area contributed by atoms with E-state index in [4.69, 9.17) is 21.4 Å². The summed E-state index contributed by atoms with van der Waals surface area (Å²) in [6, 6.07) is 7.48. The third-order valence-corrected chi connectivity index (χ3v) is 3.56. The van der Waals surface area contributed by atoms with E-state index in [1.807, 2.05) is 31.2 Å². The Hall–Kier alpha value is -1.10. The maximum atomic E-state index is 11.9. The van der Waals surface area contributed by atoms with Crippen molar-refractivity contribution in [3.8, 4) is 0 Å². The molecule has 0 bridgehead atoms. The van der Waals surface area contributed by atoms with Crippen LogP contribution in [-0.2, 0) is 16.1 Å². The Labute approximate surface area is 117 Å². The van der Waals surface area contributed by atoms with Crippen molar-refractivity contribution in [1.29, 1.82) is 0 Å². The fraction of sp³-hybridized carbons (Fsp3) is 0.500. The van der Waals surface area contributed by atoms with Gasteiger partial charge in [0.1, 0.15) is 6.61 Å². The van der Waals surface area contributed by atoms with Crippen molar-refractivity contribution in [2.45, 2.75) is 25.5 Å². The van der Waals surface area contributed by atoms with Crippen molar-refractivity contribution >= 4 is 17.5 Å². The molecule has 0 spiro atoms. The molecule has 1 heterocycles. The molecule has 1 atom stereocenters. The zero-order valence-electron chi connectivity index (χ0n) is 10.9. The number of morpholine rings is 1. The fourth-order valence-electron chi connectivity index (χ4n) is 2.25. The van der Waals surface area contributed by atoms with Gasteiger partial charge < -0.3 is 14.7 Å². The molecule has 1 saturated heterocycles. The van der Waals surface area contributed by atoms with Gasteiger partial charge in [0, 0.05) is 31.1 Å². The molecule has 1 aliphatic heterocycles. The molecule has 4 nitrogen and oxygen atoms in total. The average Bonchev–Trinajstić information content (AvgIpc) is 2.34. The quantitative estimate of drug-likeness (QED) is 0.917. The summed E-state index contributed by atoms with van der Waals surface area (Å²) in [5.41, 5.74) is 0.524. The van der Waals surface area contributed by atoms with E-state index in [9.17, 15) is 4.79 Å². The topological polar surface area (TPSA) is 49.8 Å². The van der Waals surface area contributed by atoms with E-state index in [0.29, 0.717) is 24.5 Å². The molecule has 1 unspecified atom stereocenters. The lowest BCUT2D eigenvalue weighted by Crippen LogP contribution is -2.53. The van der Waals surface area contributed by atoms with Gasteiger partial charge in [0.2, 0.25) is 5.91 Å². The fourth-order valence-corrected chi connectivity index (χ4v) is 2.47. The lowest BCUT2D eigenvalue weighted by molar-refractivity contribution is -0.164. The van der Waals surface area contributed by atoms with Crippen molar-refractivity contribution in [2.75, 3.05) is 19.8 Å². The predicted molar refractivity (Wildman–Crippen MR) is 72.9 cm³/mol. The number of halogens is 1. The van der Waals surface area contributed by atoms with Gasteiger partial charge >= 0.3 is 0 Å². The van der Waals surface area contributed by atoms with Crippen molar-refractivity contribution < 1.29 is 14.6 Å². The molecule has 1 aromatic rings. The molecule has 1 aromatic carbocycles. The molecule has 5 heteroatoms. The van der Waals surface area contributed by atoms with Gasteiger partial charge in [-0.25, -0.2) is 0 Å². The minimum absolute atomic E-state index is 0.0320. The van der Waals surface area contributed by atoms with Crippen LogP contribution in [-0.4, -0.2) is 41.3 Å². The minimum atomic E-state index is -0.471. The predicted octanol–water partition coefficient (Wildman–Crippen LogP) is 1.84. The molecule has 1 N–H and O–H groups in total. The third-order valence-electron chi connectivity index (χ3n) is 3.33. The van der Waals surface area contributed by atoms with Crippen LogP contribution < -0.4 is 0 Å². The standard InChI is InChI=1S/C14H18ClNO3/c1-14(5-6-17)10-16(13(18)9-19-14)8-11-3-2-4-12(15)7-11/h2-4,7,17H,5-6,8-10H2,1H3. The summed E-state index contributed by atoms with van der Waals surface area (Å²) < 4.78 is 5.53. The highest BCUT2D eigenvalue weighted by atomic mass is 35.5. The van der Waals surface area contributed by atoms with Crippen LogP contribution in [0.25, 0.3) is 0 Å². The van der Waals surface area contributed by atoms with Gasteiger partial charge in [0.25, 0.3) is 0 Å². The summed E-state index contributed by atoms with van der Waals surface area (Å²) in [5.74, 6) is -0.0320. The molecule has 1 aliphatic rings. The first kappa shape index (κ1) is 14.3. The number of nitrogens with zero attached hydrogens (tertiary/aromatic N) is 1. The van der Waals surface area contributed by atoms with Crippen molar-refractivity contribution in [2.24, 2.45) is 0 Å². The van der Waals surface area contributed by atoms with Crippen LogP contribution in [0.4, 0.5) is 0 Å². The molecule has 1 fully saturated rings. The maximum Gasteiger partial charge on any atom is 0.248 e. The highest BCUT2D eigenvalue weighted by Crippen LogP contribution is 2.23. The summed E-state index contributed by atoms with van der Waals surface area (Å²) >= 11 is 5.94. The first-order valence-corrected chi connectivity index (χ1v) is 6.67. The zero-order valence-corrected chi connectivity index (χ0v) is 11.7. The smallest absolute Gasteiger partial charge is 0.248 e. The molecule has 0 saturated carbocycles. The highest BCUT2D eigenvalue weighted by Gasteiger charge is 2.35. The number of amides is 1. The SMILES string of the molecule is CC1(CCO)CN(Cc2cccc(Cl)c2)C(=O)CO1. The lowest BCUT2D eigenvalue weighted by atomic mass is 9.99. The van der Waals surface area contributed by atoms with E-state index in [0.717, 1.165) is 5.56 Å². The average molecular weight is 284 g/mol. The molecule has 104 valence electrons. The Morgan fingerprint density at radius 2 is 2.32 bits per heavy atom. The minimum Gasteiger partial charge on any atom is -0.396 e. The Morgan fingerprint density at radius 1 is 1.53 bits per heavy atom. The van der Waals surface area contributed by atoms with E-state index < -0.39 is 5.60 Å². The Kier molecular flexibility index (Phi) is 4.45. The van der Waals surface area contributed by atoms with Crippen LogP contribution in [0.15, 0.2) is 24.3 Å². The van der Waals surface area contributed by atoms with Gasteiger partial charge in [-0.2, -0.15) is 0 Å². The number of carbonyl (C=O) groups excluding carboxylic acids is 1. The van der Waals surface area contributed by atoms with Gasteiger partial charge in [-0.05, 0) is 24.6 Å². The van der Waals surface area contributed by atoms with Gasteiger partial charge in [-0.1, -0.05) is 23.7 Å². The van der Waals surface area contributed by atoms with E-state index >= 15 is 0 Å². The van der Waals surface area contributed by atoms with Crippen molar-refractivity contribution in [1.82, 2.24) is 4.90 Å². The molecule has 0 radical (unpaired) electrons. The number of rotatable bonds is 4. The number of benzene rings is 1. The molecule has 0 aromatic heterocycles. The van der Waals surface area contributed by atoms with E-state index in [-0.39, 0.29) is 19.1 Å². The monoisotopic (exact) mass is 283 g/mol. The van der Waals surface area contributed by atoms with Crippen LogP contribution in [0.2, 0.25) is 5.02 Å². The molecule has 1 amide bonds. The summed E-state index contributed by atoms with van der Waals surface area (Å²) in [6.45, 7) is 3.04. The summed E-state index contributed by atoms with van der Waals surface area (Å²) in [7, 11) is 0. The van der Waals surface area contributed by atoms with E-state index in [2.05, 4.69) is 0 Å². The molecular weight excluding hydrogens is 266 g/mol. The van der Waals surface area contributed by atoms with Crippen molar-refractivity contribution in [3.63, 3.8) is 0 Å². The van der Waals surface area contributed by atoms with Crippen molar-refractivity contribution in [3.05, 3.63) is 34.9 Å².